The van der Waals surface area contributed by atoms with E-state index in [1.54, 1.807) is 13.8 Å². The second kappa shape index (κ2) is 16.7. The van der Waals surface area contributed by atoms with Gasteiger partial charge in [-0.3, -0.25) is 0 Å². The van der Waals surface area contributed by atoms with Gasteiger partial charge in [-0.25, -0.2) is 0 Å². The maximum atomic E-state index is 14.5. The molecule has 0 radical (unpaired) electrons. The number of halogens is 6. The molecule has 14 heteroatoms. The molecule has 0 heterocycles. The minimum atomic E-state index is -5.31. The predicted molar refractivity (Wildman–Crippen MR) is 198 cm³/mol. The van der Waals surface area contributed by atoms with Crippen molar-refractivity contribution in [3.05, 3.63) is 178 Å². The summed E-state index contributed by atoms with van der Waals surface area (Å²) in [6.07, 6.45) is -10.6. The average molecular weight is 807 g/mol. The average Bonchev–Trinajstić information content (AvgIpc) is 3.15. The van der Waals surface area contributed by atoms with Crippen LogP contribution in [0.2, 0.25) is 0 Å². The Balaban J connectivity index is 1.56. The molecule has 0 fully saturated rings. The third kappa shape index (κ3) is 10.5. The smallest absolute Gasteiger partial charge is 0.372 e. The number of allylic oxidation sites excluding steroid dienone is 4. The minimum Gasteiger partial charge on any atom is -0.372 e. The molecule has 0 bridgehead atoms. The normalized spacial score (nSPS) is 12.9. The lowest BCUT2D eigenvalue weighted by molar-refractivity contribution is -0.115. The first-order valence-corrected chi connectivity index (χ1v) is 19.1. The molecule has 0 saturated heterocycles. The molecule has 0 saturated carbocycles. The van der Waals surface area contributed by atoms with Crippen molar-refractivity contribution in [1.29, 1.82) is 0 Å². The lowest BCUT2D eigenvalue weighted by Crippen LogP contribution is -2.20. The summed E-state index contributed by atoms with van der Waals surface area (Å²) >= 11 is 0. The maximum absolute atomic E-state index is 14.5. The minimum absolute atomic E-state index is 0.0961. The van der Waals surface area contributed by atoms with Gasteiger partial charge in [-0.15, -0.1) is 0 Å². The van der Waals surface area contributed by atoms with Crippen molar-refractivity contribution in [2.75, 3.05) is 0 Å². The van der Waals surface area contributed by atoms with Crippen LogP contribution in [0.4, 0.5) is 26.3 Å². The van der Waals surface area contributed by atoms with Crippen LogP contribution in [0.1, 0.15) is 33.4 Å². The number of rotatable bonds is 8. The summed E-state index contributed by atoms with van der Waals surface area (Å²) in [4.78, 5) is -1.01. The van der Waals surface area contributed by atoms with Gasteiger partial charge in [0.05, 0.1) is 11.1 Å². The molecule has 56 heavy (non-hydrogen) atoms. The van der Waals surface area contributed by atoms with Crippen LogP contribution >= 0.6 is 0 Å². The molecule has 5 aromatic carbocycles. The van der Waals surface area contributed by atoms with Gasteiger partial charge in [-0.2, -0.15) is 43.2 Å². The Hall–Kier alpha value is -6.22. The molecule has 0 atom stereocenters. The van der Waals surface area contributed by atoms with Crippen LogP contribution < -0.4 is 0 Å². The summed E-state index contributed by atoms with van der Waals surface area (Å²) in [7, 11) is -9.91. The lowest BCUT2D eigenvalue weighted by atomic mass is 10.0. The number of alkyl halides is 6. The van der Waals surface area contributed by atoms with Gasteiger partial charge < -0.3 is 8.37 Å². The van der Waals surface area contributed by atoms with Crippen LogP contribution in [0.25, 0.3) is 11.1 Å². The highest BCUT2D eigenvalue weighted by molar-refractivity contribution is 7.87. The Labute approximate surface area is 320 Å². The van der Waals surface area contributed by atoms with Gasteiger partial charge in [0.15, 0.2) is 0 Å². The SMILES string of the molecule is Cc1ccc(S(=O)(=O)O/C(=C(/C#Cc2ccc(C#C/C(=C(/OS(=O)(=O)c3ccc(C)cc3)C(F)(F)F)c3ccccc3)cc2)c2ccccc2)C(F)(F)F)cc1. The van der Waals surface area contributed by atoms with Crippen molar-refractivity contribution in [3.63, 3.8) is 0 Å². The van der Waals surface area contributed by atoms with E-state index < -0.39 is 65.0 Å². The third-order valence-corrected chi connectivity index (χ3v) is 10.1. The number of hydrogen-bond acceptors (Lipinski definition) is 6. The predicted octanol–water partition coefficient (Wildman–Crippen LogP) is 9.76. The van der Waals surface area contributed by atoms with E-state index in [2.05, 4.69) is 23.7 Å². The topological polar surface area (TPSA) is 86.7 Å². The van der Waals surface area contributed by atoms with E-state index in [0.29, 0.717) is 11.1 Å². The Morgan fingerprint density at radius 3 is 1.05 bits per heavy atom. The first kappa shape index (κ1) is 41.0. The largest absolute Gasteiger partial charge is 0.452 e. The highest BCUT2D eigenvalue weighted by Gasteiger charge is 2.43. The molecule has 0 amide bonds. The van der Waals surface area contributed by atoms with E-state index in [0.717, 1.165) is 24.3 Å². The van der Waals surface area contributed by atoms with Gasteiger partial charge in [0.1, 0.15) is 9.79 Å². The van der Waals surface area contributed by atoms with E-state index >= 15 is 0 Å². The fourth-order valence-corrected chi connectivity index (χ4v) is 6.75. The summed E-state index contributed by atoms with van der Waals surface area (Å²) < 4.78 is 148. The molecule has 0 aliphatic rings. The zero-order chi connectivity index (χ0) is 40.7. The summed E-state index contributed by atoms with van der Waals surface area (Å²) in [5.41, 5.74) is -0.182. The number of aryl methyl sites for hydroxylation is 2. The maximum Gasteiger partial charge on any atom is 0.452 e. The zero-order valence-electron chi connectivity index (χ0n) is 29.2. The Morgan fingerprint density at radius 1 is 0.464 bits per heavy atom. The number of benzene rings is 5. The van der Waals surface area contributed by atoms with E-state index in [-0.39, 0.29) is 22.3 Å². The summed E-state index contributed by atoms with van der Waals surface area (Å²) in [5.74, 6) is 6.13. The molecule has 0 unspecified atom stereocenters. The Bertz CT molecular complexity index is 2420. The van der Waals surface area contributed by atoms with Gasteiger partial charge >= 0.3 is 32.6 Å². The van der Waals surface area contributed by atoms with Crippen LogP contribution in [0.5, 0.6) is 0 Å². The van der Waals surface area contributed by atoms with Gasteiger partial charge in [0, 0.05) is 11.1 Å². The van der Waals surface area contributed by atoms with Crippen LogP contribution in [-0.2, 0) is 28.6 Å². The molecule has 5 rings (SSSR count). The molecule has 0 spiro atoms. The van der Waals surface area contributed by atoms with Crippen LogP contribution in [-0.4, -0.2) is 29.2 Å². The van der Waals surface area contributed by atoms with Gasteiger partial charge in [-0.05, 0) is 73.5 Å². The van der Waals surface area contributed by atoms with E-state index in [1.165, 1.54) is 109 Å². The molecular weight excluding hydrogens is 779 g/mol. The molecule has 5 aromatic rings. The van der Waals surface area contributed by atoms with Crippen molar-refractivity contribution < 1.29 is 51.5 Å². The Kier molecular flexibility index (Phi) is 12.2. The fourth-order valence-electron chi connectivity index (χ4n) is 4.82. The third-order valence-electron chi connectivity index (χ3n) is 7.65. The molecule has 286 valence electrons. The van der Waals surface area contributed by atoms with Gasteiger partial charge in [0.25, 0.3) is 0 Å². The Morgan fingerprint density at radius 2 is 0.768 bits per heavy atom. The van der Waals surface area contributed by atoms with Crippen molar-refractivity contribution in [1.82, 2.24) is 0 Å². The summed E-state index contributed by atoms with van der Waals surface area (Å²) in [6, 6.07) is 29.3. The lowest BCUT2D eigenvalue weighted by Gasteiger charge is -2.16. The number of hydrogen-bond donors (Lipinski definition) is 0. The highest BCUT2D eigenvalue weighted by atomic mass is 32.2. The van der Waals surface area contributed by atoms with Crippen molar-refractivity contribution in [2.45, 2.75) is 36.0 Å². The van der Waals surface area contributed by atoms with E-state index in [9.17, 15) is 43.2 Å². The molecule has 0 aliphatic carbocycles. The van der Waals surface area contributed by atoms with Crippen LogP contribution in [0.3, 0.4) is 0 Å². The highest BCUT2D eigenvalue weighted by Crippen LogP contribution is 2.37. The molecule has 6 nitrogen and oxygen atoms in total. The fraction of sp³-hybridized carbons (Fsp3) is 0.0952. The summed E-state index contributed by atoms with van der Waals surface area (Å²) in [5, 5.41) is 0. The first-order valence-electron chi connectivity index (χ1n) is 16.2. The van der Waals surface area contributed by atoms with E-state index in [4.69, 9.17) is 8.37 Å². The molecule has 0 aliphatic heterocycles. The van der Waals surface area contributed by atoms with Crippen molar-refractivity contribution in [3.8, 4) is 23.7 Å². The zero-order valence-corrected chi connectivity index (χ0v) is 30.9. The van der Waals surface area contributed by atoms with Gasteiger partial charge in [-0.1, -0.05) is 120 Å². The van der Waals surface area contributed by atoms with Crippen LogP contribution in [0.15, 0.2) is 155 Å². The molecule has 0 N–H and O–H groups in total. The molecule has 0 aromatic heterocycles. The second-order valence-electron chi connectivity index (χ2n) is 11.9. The first-order chi connectivity index (χ1) is 26.3. The van der Waals surface area contributed by atoms with Crippen molar-refractivity contribution >= 4 is 31.4 Å². The van der Waals surface area contributed by atoms with Crippen molar-refractivity contribution in [2.24, 2.45) is 0 Å². The monoisotopic (exact) mass is 806 g/mol. The van der Waals surface area contributed by atoms with E-state index in [1.807, 2.05) is 0 Å². The van der Waals surface area contributed by atoms with Gasteiger partial charge in [0.2, 0.25) is 11.5 Å². The summed E-state index contributed by atoms with van der Waals surface area (Å²) in [6.45, 7) is 3.34. The second-order valence-corrected chi connectivity index (χ2v) is 15.0. The molecular formula is C42H28F6O6S2. The van der Waals surface area contributed by atoms with Crippen LogP contribution in [0, 0.1) is 37.5 Å². The quantitative estimate of drug-likeness (QED) is 0.0672. The standard InChI is InChI=1S/C42H28F6O6S2/c1-29-13-23-35(24-14-29)55(49,50)53-39(41(43,44)45)37(33-9-5-3-6-10-33)27-21-31-17-19-32(20-18-31)22-28-38(34-11-7-4-8-12-34)40(42(46,47)48)54-56(51,52)36-25-15-30(2)16-26-36/h3-20,23-26H,1-2H3/b39-37-,40-38-.